The fourth-order valence-electron chi connectivity index (χ4n) is 4.94. The molecule has 2 saturated heterocycles. The van der Waals surface area contributed by atoms with Crippen molar-refractivity contribution in [2.24, 2.45) is 23.7 Å². The van der Waals surface area contributed by atoms with E-state index in [0.717, 1.165) is 12.8 Å². The van der Waals surface area contributed by atoms with Crippen LogP contribution in [-0.4, -0.2) is 23.3 Å². The van der Waals surface area contributed by atoms with E-state index in [1.54, 1.807) is 0 Å². The van der Waals surface area contributed by atoms with Gasteiger partial charge >= 0.3 is 0 Å². The van der Waals surface area contributed by atoms with Crippen LogP contribution in [0.3, 0.4) is 0 Å². The van der Waals surface area contributed by atoms with E-state index in [-0.39, 0.29) is 0 Å². The minimum atomic E-state index is -0.557. The lowest BCUT2D eigenvalue weighted by atomic mass is 9.77. The molecule has 4 rings (SSSR count). The van der Waals surface area contributed by atoms with Gasteiger partial charge in [0.1, 0.15) is 0 Å². The molecule has 2 saturated carbocycles. The molecule has 2 aliphatic heterocycles. The normalized spacial score (nSPS) is 61.1. The van der Waals surface area contributed by atoms with Gasteiger partial charge < -0.3 is 14.6 Å². The predicted molar refractivity (Wildman–Crippen MR) is 57.4 cm³/mol. The van der Waals surface area contributed by atoms with Crippen LogP contribution in [0.15, 0.2) is 0 Å². The van der Waals surface area contributed by atoms with Crippen LogP contribution in [0.25, 0.3) is 0 Å². The molecule has 7 atom stereocenters. The van der Waals surface area contributed by atoms with E-state index in [1.807, 2.05) is 0 Å². The van der Waals surface area contributed by atoms with Crippen LogP contribution in [0.2, 0.25) is 0 Å². The first-order valence-corrected chi connectivity index (χ1v) is 6.79. The van der Waals surface area contributed by atoms with Gasteiger partial charge in [0, 0.05) is 18.3 Å². The summed E-state index contributed by atoms with van der Waals surface area (Å²) in [6.07, 6.45) is 5.60. The second kappa shape index (κ2) is 3.01. The lowest BCUT2D eigenvalue weighted by Gasteiger charge is -2.28. The maximum Gasteiger partial charge on any atom is 0.175 e. The highest BCUT2D eigenvalue weighted by Crippen LogP contribution is 2.68. The van der Waals surface area contributed by atoms with Gasteiger partial charge in [-0.05, 0) is 31.1 Å². The molecule has 0 aromatic heterocycles. The van der Waals surface area contributed by atoms with E-state index in [1.165, 1.54) is 19.3 Å². The van der Waals surface area contributed by atoms with E-state index in [9.17, 15) is 5.11 Å². The van der Waals surface area contributed by atoms with E-state index in [0.29, 0.717) is 29.8 Å². The molecule has 90 valence electrons. The molecule has 4 fully saturated rings. The van der Waals surface area contributed by atoms with Crippen molar-refractivity contribution >= 4 is 0 Å². The molecular formula is C13H20O3. The van der Waals surface area contributed by atoms with Crippen LogP contribution in [0.5, 0.6) is 0 Å². The van der Waals surface area contributed by atoms with Crippen LogP contribution in [0.1, 0.15) is 39.0 Å². The molecule has 3 nitrogen and oxygen atoms in total. The van der Waals surface area contributed by atoms with Crippen LogP contribution in [0.4, 0.5) is 0 Å². The smallest absolute Gasteiger partial charge is 0.175 e. The first-order valence-electron chi connectivity index (χ1n) is 6.79. The van der Waals surface area contributed by atoms with Crippen molar-refractivity contribution < 1.29 is 14.6 Å². The van der Waals surface area contributed by atoms with Gasteiger partial charge in [-0.2, -0.15) is 0 Å². The Balaban J connectivity index is 1.69. The quantitative estimate of drug-likeness (QED) is 0.795. The molecule has 1 N–H and O–H groups in total. The topological polar surface area (TPSA) is 38.7 Å². The first-order chi connectivity index (χ1) is 7.75. The second-order valence-corrected chi connectivity index (χ2v) is 6.08. The minimum absolute atomic E-state index is 0.376. The van der Waals surface area contributed by atoms with Gasteiger partial charge in [0.2, 0.25) is 0 Å². The number of ether oxygens (including phenoxy) is 2. The lowest BCUT2D eigenvalue weighted by molar-refractivity contribution is -0.275. The number of fused-ring (bicyclic) bond motifs is 2. The molecule has 0 aromatic rings. The number of rotatable bonds is 3. The molecule has 2 bridgehead atoms. The molecule has 16 heavy (non-hydrogen) atoms. The summed E-state index contributed by atoms with van der Waals surface area (Å²) in [7, 11) is 0. The zero-order valence-electron chi connectivity index (χ0n) is 9.76. The predicted octanol–water partition coefficient (Wildman–Crippen LogP) is 1.89. The molecule has 0 aromatic carbocycles. The SMILES string of the molecule is CCCC[C@]12O[C@H](O)[C@H]3[C@@H]4C[C@H]([C@H]31)[C@@H](C4)O2. The maximum atomic E-state index is 10.1. The molecule has 0 radical (unpaired) electrons. The van der Waals surface area contributed by atoms with E-state index < -0.39 is 12.1 Å². The second-order valence-electron chi connectivity index (χ2n) is 6.08. The highest BCUT2D eigenvalue weighted by Gasteiger charge is 2.73. The molecule has 2 heterocycles. The van der Waals surface area contributed by atoms with Crippen LogP contribution < -0.4 is 0 Å². The van der Waals surface area contributed by atoms with Crippen molar-refractivity contribution in [2.75, 3.05) is 0 Å². The third kappa shape index (κ3) is 0.964. The van der Waals surface area contributed by atoms with E-state index >= 15 is 0 Å². The third-order valence-electron chi connectivity index (χ3n) is 5.39. The maximum absolute atomic E-state index is 10.1. The Morgan fingerprint density at radius 3 is 3.00 bits per heavy atom. The largest absolute Gasteiger partial charge is 0.368 e. The van der Waals surface area contributed by atoms with Gasteiger partial charge in [-0.25, -0.2) is 0 Å². The highest BCUT2D eigenvalue weighted by molar-refractivity contribution is 5.14. The molecule has 3 heteroatoms. The van der Waals surface area contributed by atoms with Crippen LogP contribution in [-0.2, 0) is 9.47 Å². The van der Waals surface area contributed by atoms with Crippen LogP contribution in [0, 0.1) is 23.7 Å². The monoisotopic (exact) mass is 224 g/mol. The fraction of sp³-hybridized carbons (Fsp3) is 1.00. The summed E-state index contributed by atoms with van der Waals surface area (Å²) in [4.78, 5) is 0. The number of hydrogen-bond donors (Lipinski definition) is 1. The standard InChI is InChI=1S/C13H20O3/c1-2-3-4-13-11-8-5-7(6-9(8)15-13)10(11)12(14)16-13/h7-12,14H,2-6H2,1H3/t7-,8+,9-,10+,11-,12+,13+/m1/s1. The van der Waals surface area contributed by atoms with Crippen LogP contribution >= 0.6 is 0 Å². The van der Waals surface area contributed by atoms with Gasteiger partial charge in [0.15, 0.2) is 12.1 Å². The summed E-state index contributed by atoms with van der Waals surface area (Å²) in [5, 5.41) is 10.1. The Kier molecular flexibility index (Phi) is 1.85. The molecular weight excluding hydrogens is 204 g/mol. The van der Waals surface area contributed by atoms with Crippen molar-refractivity contribution in [2.45, 2.75) is 57.2 Å². The zero-order valence-corrected chi connectivity index (χ0v) is 9.76. The fourth-order valence-corrected chi connectivity index (χ4v) is 4.94. The summed E-state index contributed by atoms with van der Waals surface area (Å²) < 4.78 is 12.1. The summed E-state index contributed by atoms with van der Waals surface area (Å²) in [6.45, 7) is 2.19. The Bertz CT molecular complexity index is 316. The molecule has 0 amide bonds. The Morgan fingerprint density at radius 2 is 2.19 bits per heavy atom. The summed E-state index contributed by atoms with van der Waals surface area (Å²) in [5.74, 6) is 1.82. The van der Waals surface area contributed by atoms with Gasteiger partial charge in [0.25, 0.3) is 0 Å². The first kappa shape index (κ1) is 9.86. The average molecular weight is 224 g/mol. The number of hydrogen-bond acceptors (Lipinski definition) is 3. The van der Waals surface area contributed by atoms with Gasteiger partial charge in [0.05, 0.1) is 6.10 Å². The summed E-state index contributed by atoms with van der Waals surface area (Å²) in [6, 6.07) is 0. The number of aliphatic hydroxyl groups is 1. The van der Waals surface area contributed by atoms with E-state index in [2.05, 4.69) is 6.92 Å². The molecule has 2 aliphatic carbocycles. The average Bonchev–Trinajstić information content (AvgIpc) is 2.88. The zero-order chi connectivity index (χ0) is 10.9. The van der Waals surface area contributed by atoms with Crippen molar-refractivity contribution in [1.82, 2.24) is 0 Å². The minimum Gasteiger partial charge on any atom is -0.368 e. The Morgan fingerprint density at radius 1 is 1.31 bits per heavy atom. The van der Waals surface area contributed by atoms with E-state index in [4.69, 9.17) is 9.47 Å². The van der Waals surface area contributed by atoms with Gasteiger partial charge in [-0.1, -0.05) is 13.3 Å². The Labute approximate surface area is 96.1 Å². The summed E-state index contributed by atoms with van der Waals surface area (Å²) >= 11 is 0. The van der Waals surface area contributed by atoms with Crippen molar-refractivity contribution in [3.05, 3.63) is 0 Å². The van der Waals surface area contributed by atoms with Gasteiger partial charge in [-0.3, -0.25) is 0 Å². The molecule has 0 unspecified atom stereocenters. The molecule has 0 spiro atoms. The Hall–Kier alpha value is -0.120. The summed E-state index contributed by atoms with van der Waals surface area (Å²) in [5.41, 5.74) is 0. The lowest BCUT2D eigenvalue weighted by Crippen LogP contribution is -2.34. The van der Waals surface area contributed by atoms with Crippen molar-refractivity contribution in [3.8, 4) is 0 Å². The third-order valence-corrected chi connectivity index (χ3v) is 5.39. The molecule has 4 aliphatic rings. The van der Waals surface area contributed by atoms with Crippen molar-refractivity contribution in [3.63, 3.8) is 0 Å². The number of aliphatic hydroxyl groups excluding tert-OH is 1. The van der Waals surface area contributed by atoms with Gasteiger partial charge in [-0.15, -0.1) is 0 Å². The van der Waals surface area contributed by atoms with Crippen molar-refractivity contribution in [1.29, 1.82) is 0 Å². The highest BCUT2D eigenvalue weighted by atomic mass is 16.8. The number of unbranched alkanes of at least 4 members (excludes halogenated alkanes) is 1.